The second-order valence-electron chi connectivity index (χ2n) is 4.68. The summed E-state index contributed by atoms with van der Waals surface area (Å²) in [6.45, 7) is 0.561. The maximum absolute atomic E-state index is 14.4. The van der Waals surface area contributed by atoms with Crippen LogP contribution in [-0.2, 0) is 18.6 Å². The number of alkyl halides is 1. The van der Waals surface area contributed by atoms with E-state index in [0.29, 0.717) is 0 Å². The molecule has 1 fully saturated rings. The van der Waals surface area contributed by atoms with Gasteiger partial charge in [0.1, 0.15) is 11.9 Å². The van der Waals surface area contributed by atoms with E-state index >= 15 is 0 Å². The molecule has 126 valence electrons. The number of amides is 1. The van der Waals surface area contributed by atoms with Crippen LogP contribution in [0.1, 0.15) is 13.2 Å². The molecule has 0 radical (unpaired) electrons. The van der Waals surface area contributed by atoms with Crippen LogP contribution in [0.4, 0.5) is 10.2 Å². The van der Waals surface area contributed by atoms with E-state index in [2.05, 4.69) is 14.8 Å². The Morgan fingerprint density at radius 3 is 2.87 bits per heavy atom. The fraction of sp³-hybridized carbons (Fsp3) is 0.545. The van der Waals surface area contributed by atoms with Gasteiger partial charge in [-0.15, -0.1) is 9.42 Å². The normalized spacial score (nSPS) is 27.7. The number of carbonyl (C=O) groups is 1. The molecule has 23 heavy (non-hydrogen) atoms. The Bertz CT molecular complexity index is 669. The van der Waals surface area contributed by atoms with Crippen LogP contribution < -0.4 is 11.0 Å². The summed E-state index contributed by atoms with van der Waals surface area (Å²) in [7, 11) is -3.11. The molecule has 10 nitrogen and oxygen atoms in total. The van der Waals surface area contributed by atoms with Crippen molar-refractivity contribution in [2.45, 2.75) is 31.5 Å². The van der Waals surface area contributed by atoms with Crippen molar-refractivity contribution in [3.05, 3.63) is 22.7 Å². The van der Waals surface area contributed by atoms with Gasteiger partial charge in [0.05, 0.1) is 6.61 Å². The van der Waals surface area contributed by atoms with Gasteiger partial charge in [-0.25, -0.2) is 9.18 Å². The molecule has 0 bridgehead atoms. The average Bonchev–Trinajstić information content (AvgIpc) is 2.75. The highest BCUT2D eigenvalue weighted by molar-refractivity contribution is 7.32. The number of aromatic nitrogens is 2. The van der Waals surface area contributed by atoms with Crippen LogP contribution in [0.5, 0.6) is 0 Å². The van der Waals surface area contributed by atoms with Crippen molar-refractivity contribution in [3.63, 3.8) is 0 Å². The fourth-order valence-electron chi connectivity index (χ4n) is 2.15. The average molecular weight is 350 g/mol. The first-order valence-corrected chi connectivity index (χ1v) is 7.56. The maximum atomic E-state index is 14.4. The number of aliphatic hydroxyl groups is 1. The van der Waals surface area contributed by atoms with Crippen molar-refractivity contribution in [3.8, 4) is 0 Å². The molecular formula is C11H14FN3O7P+. The zero-order chi connectivity index (χ0) is 17.1. The molecule has 3 N–H and O–H groups in total. The first-order valence-electron chi connectivity index (χ1n) is 6.43. The molecule has 1 aliphatic heterocycles. The molecule has 5 atom stereocenters. The Morgan fingerprint density at radius 2 is 2.35 bits per heavy atom. The molecule has 1 saturated heterocycles. The smallest absolute Gasteiger partial charge is 0.394 e. The number of carbonyl (C=O) groups excluding carboxylic acids is 1. The number of nitrogens with zero attached hydrogens (tertiary/aromatic N) is 2. The highest BCUT2D eigenvalue weighted by Crippen LogP contribution is 2.36. The number of hydrogen-bond donors (Lipinski definition) is 3. The molecule has 0 aliphatic carbocycles. The molecule has 1 amide bonds. The maximum Gasteiger partial charge on any atom is 0.695 e. The first-order chi connectivity index (χ1) is 10.8. The van der Waals surface area contributed by atoms with Gasteiger partial charge < -0.3 is 15.2 Å². The minimum Gasteiger partial charge on any atom is -0.394 e. The number of hydrogen-bond acceptors (Lipinski definition) is 7. The largest absolute Gasteiger partial charge is 0.695 e. The molecule has 2 heterocycles. The van der Waals surface area contributed by atoms with Gasteiger partial charge in [0.2, 0.25) is 5.91 Å². The van der Waals surface area contributed by atoms with E-state index in [1.807, 2.05) is 0 Å². The number of anilines is 1. The summed E-state index contributed by atoms with van der Waals surface area (Å²) in [6.07, 6.45) is -5.06. The Kier molecular flexibility index (Phi) is 5.50. The minimum absolute atomic E-state index is 0.0166. The van der Waals surface area contributed by atoms with Crippen molar-refractivity contribution in [2.24, 2.45) is 0 Å². The lowest BCUT2D eigenvalue weighted by Gasteiger charge is -2.15. The molecule has 0 spiro atoms. The third-order valence-electron chi connectivity index (χ3n) is 3.07. The van der Waals surface area contributed by atoms with Gasteiger partial charge >= 0.3 is 13.9 Å². The quantitative estimate of drug-likeness (QED) is 0.602. The third kappa shape index (κ3) is 3.95. The number of halogens is 1. The Balaban J connectivity index is 2.26. The van der Waals surface area contributed by atoms with Crippen LogP contribution in [0.2, 0.25) is 0 Å². The van der Waals surface area contributed by atoms with E-state index < -0.39 is 51.1 Å². The Morgan fingerprint density at radius 1 is 1.65 bits per heavy atom. The van der Waals surface area contributed by atoms with Crippen LogP contribution in [0.25, 0.3) is 0 Å². The minimum atomic E-state index is -3.11. The molecule has 1 aliphatic rings. The van der Waals surface area contributed by atoms with Crippen molar-refractivity contribution < 1.29 is 33.0 Å². The third-order valence-corrected chi connectivity index (χ3v) is 3.49. The fourth-order valence-corrected chi connectivity index (χ4v) is 2.61. The number of aliphatic hydroxyl groups excluding tert-OH is 1. The Hall–Kier alpha value is -1.78. The van der Waals surface area contributed by atoms with E-state index in [0.717, 1.165) is 10.8 Å². The van der Waals surface area contributed by atoms with Crippen LogP contribution in [-0.4, -0.2) is 50.4 Å². The van der Waals surface area contributed by atoms with E-state index in [9.17, 15) is 18.5 Å². The second kappa shape index (κ2) is 7.20. The van der Waals surface area contributed by atoms with E-state index in [4.69, 9.17) is 14.7 Å². The zero-order valence-corrected chi connectivity index (χ0v) is 12.7. The van der Waals surface area contributed by atoms with Gasteiger partial charge in [-0.3, -0.25) is 9.36 Å². The summed E-state index contributed by atoms with van der Waals surface area (Å²) in [6, 6.07) is 1.26. The van der Waals surface area contributed by atoms with E-state index in [1.54, 1.807) is 0 Å². The summed E-state index contributed by atoms with van der Waals surface area (Å²) in [5.74, 6) is -0.451. The van der Waals surface area contributed by atoms with Gasteiger partial charge in [0.25, 0.3) is 0 Å². The monoisotopic (exact) mass is 350 g/mol. The topological polar surface area (TPSA) is 140 Å². The van der Waals surface area contributed by atoms with Crippen molar-refractivity contribution in [2.75, 3.05) is 11.9 Å². The molecule has 1 aromatic heterocycles. The van der Waals surface area contributed by atoms with Gasteiger partial charge in [-0.2, -0.15) is 4.98 Å². The lowest BCUT2D eigenvalue weighted by Crippen LogP contribution is -2.34. The Labute approximate surface area is 129 Å². The molecule has 0 aromatic carbocycles. The number of nitrogens with one attached hydrogen (secondary N) is 1. The number of ether oxygens (including phenoxy) is 1. The summed E-state index contributed by atoms with van der Waals surface area (Å²) in [4.78, 5) is 35.1. The first kappa shape index (κ1) is 17.6. The molecule has 0 saturated carbocycles. The second-order valence-corrected chi connectivity index (χ2v) is 5.37. The predicted molar refractivity (Wildman–Crippen MR) is 73.4 cm³/mol. The van der Waals surface area contributed by atoms with Crippen LogP contribution in [0.3, 0.4) is 0 Å². The predicted octanol–water partition coefficient (Wildman–Crippen LogP) is -0.536. The van der Waals surface area contributed by atoms with E-state index in [-0.39, 0.29) is 5.82 Å². The van der Waals surface area contributed by atoms with Crippen LogP contribution in [0, 0.1) is 0 Å². The van der Waals surface area contributed by atoms with E-state index in [1.165, 1.54) is 13.0 Å². The molecule has 12 heteroatoms. The summed E-state index contributed by atoms with van der Waals surface area (Å²) in [5.41, 5.74) is -0.908. The summed E-state index contributed by atoms with van der Waals surface area (Å²) >= 11 is 0. The molecule has 1 unspecified atom stereocenters. The number of rotatable bonds is 5. The van der Waals surface area contributed by atoms with Crippen LogP contribution in [0.15, 0.2) is 17.1 Å². The van der Waals surface area contributed by atoms with Gasteiger partial charge in [-0.05, 0) is 6.07 Å². The van der Waals surface area contributed by atoms with Gasteiger partial charge in [-0.1, -0.05) is 0 Å². The lowest BCUT2D eigenvalue weighted by molar-refractivity contribution is -0.114. The standard InChI is InChI=1S/C11H13FN3O7P/c1-5(17)13-7-2-3-15(11(18)14-7)10-8(12)9(22-23(19)20)6(4-16)21-10/h2-3,6,8-10,16H,4H2,1H3,(H-,13,14,17,18,19,20)/p+1/t6-,8-,9-,10-/m1/s1. The van der Waals surface area contributed by atoms with Gasteiger partial charge in [0.15, 0.2) is 18.5 Å². The highest BCUT2D eigenvalue weighted by atomic mass is 31.1. The van der Waals surface area contributed by atoms with Crippen molar-refractivity contribution in [1.82, 2.24) is 9.55 Å². The molecule has 1 aromatic rings. The van der Waals surface area contributed by atoms with Gasteiger partial charge in [0, 0.05) is 17.7 Å². The van der Waals surface area contributed by atoms with Crippen molar-refractivity contribution >= 4 is 20.0 Å². The highest BCUT2D eigenvalue weighted by Gasteiger charge is 2.51. The SMILES string of the molecule is CC(=O)Nc1ccn([C@@H]2O[C@H](CO)[C@@H](O[P+](=O)O)[C@H]2F)c(=O)n1. The molecular weight excluding hydrogens is 336 g/mol. The van der Waals surface area contributed by atoms with Crippen LogP contribution >= 0.6 is 8.25 Å². The summed E-state index contributed by atoms with van der Waals surface area (Å²) in [5, 5.41) is 11.4. The summed E-state index contributed by atoms with van der Waals surface area (Å²) < 4.78 is 35.6. The molecule has 2 rings (SSSR count). The zero-order valence-electron chi connectivity index (χ0n) is 11.8. The lowest BCUT2D eigenvalue weighted by atomic mass is 10.1. The van der Waals surface area contributed by atoms with Crippen molar-refractivity contribution in [1.29, 1.82) is 0 Å².